The average Bonchev–Trinajstić information content (AvgIpc) is 2.46. The van der Waals surface area contributed by atoms with Crippen LogP contribution in [0.5, 0.6) is 0 Å². The number of sulfone groups is 1. The zero-order valence-electron chi connectivity index (χ0n) is 13.0. The first kappa shape index (κ1) is 16.9. The summed E-state index contributed by atoms with van der Waals surface area (Å²) in [4.78, 5) is 13.8. The van der Waals surface area contributed by atoms with Gasteiger partial charge in [0.25, 0.3) is 5.91 Å². The molecule has 2 rings (SSSR count). The van der Waals surface area contributed by atoms with Crippen LogP contribution < -0.4 is 0 Å². The van der Waals surface area contributed by atoms with E-state index in [1.807, 2.05) is 13.8 Å². The molecule has 0 aromatic heterocycles. The number of hydrogen-bond acceptors (Lipinski definition) is 3. The third kappa shape index (κ3) is 3.85. The van der Waals surface area contributed by atoms with Crippen molar-refractivity contribution < 1.29 is 17.6 Å². The largest absolute Gasteiger partial charge is 0.338 e. The van der Waals surface area contributed by atoms with Crippen molar-refractivity contribution >= 4 is 15.7 Å². The molecule has 0 atom stereocenters. The average molecular weight is 327 g/mol. The molecule has 1 amide bonds. The fraction of sp³-hybridized carbons (Fsp3) is 0.562. The summed E-state index contributed by atoms with van der Waals surface area (Å²) in [5.74, 6) is -0.623. The van der Waals surface area contributed by atoms with Crippen LogP contribution in [-0.4, -0.2) is 43.3 Å². The number of piperidine rings is 1. The van der Waals surface area contributed by atoms with Gasteiger partial charge in [-0.1, -0.05) is 26.0 Å². The van der Waals surface area contributed by atoms with E-state index in [0.717, 1.165) is 0 Å². The number of likely N-dealkylation sites (tertiary alicyclic amines) is 1. The van der Waals surface area contributed by atoms with Crippen LogP contribution in [0.2, 0.25) is 0 Å². The lowest BCUT2D eigenvalue weighted by Gasteiger charge is -2.32. The zero-order chi connectivity index (χ0) is 16.3. The van der Waals surface area contributed by atoms with Crippen LogP contribution in [0.3, 0.4) is 0 Å². The maximum atomic E-state index is 13.7. The molecule has 0 saturated carbocycles. The summed E-state index contributed by atoms with van der Waals surface area (Å²) in [5, 5.41) is -0.389. The molecule has 4 nitrogen and oxygen atoms in total. The second-order valence-corrected chi connectivity index (χ2v) is 8.52. The summed E-state index contributed by atoms with van der Waals surface area (Å²) in [6, 6.07) is 5.87. The number of hydrogen-bond donors (Lipinski definition) is 0. The van der Waals surface area contributed by atoms with E-state index in [9.17, 15) is 17.6 Å². The summed E-state index contributed by atoms with van der Waals surface area (Å²) in [7, 11) is -3.12. The van der Waals surface area contributed by atoms with Gasteiger partial charge in [-0.3, -0.25) is 4.79 Å². The fourth-order valence-electron chi connectivity index (χ4n) is 2.82. The molecule has 1 heterocycles. The minimum Gasteiger partial charge on any atom is -0.338 e. The van der Waals surface area contributed by atoms with Crippen molar-refractivity contribution in [2.24, 2.45) is 5.92 Å². The Hall–Kier alpha value is -1.43. The molecule has 22 heavy (non-hydrogen) atoms. The normalized spacial score (nSPS) is 17.0. The van der Waals surface area contributed by atoms with Crippen LogP contribution in [0.25, 0.3) is 0 Å². The van der Waals surface area contributed by atoms with Crippen molar-refractivity contribution in [2.45, 2.75) is 31.9 Å². The smallest absolute Gasteiger partial charge is 0.256 e. The summed E-state index contributed by atoms with van der Waals surface area (Å²) >= 11 is 0. The van der Waals surface area contributed by atoms with Crippen molar-refractivity contribution in [2.75, 3.05) is 18.8 Å². The highest BCUT2D eigenvalue weighted by molar-refractivity contribution is 7.92. The quantitative estimate of drug-likeness (QED) is 0.854. The van der Waals surface area contributed by atoms with E-state index in [-0.39, 0.29) is 28.4 Å². The molecule has 0 radical (unpaired) electrons. The second kappa shape index (κ2) is 6.77. The highest BCUT2D eigenvalue weighted by Crippen LogP contribution is 2.22. The molecule has 6 heteroatoms. The molecule has 1 fully saturated rings. The van der Waals surface area contributed by atoms with Crippen LogP contribution in [0.4, 0.5) is 4.39 Å². The molecule has 1 aromatic carbocycles. The number of rotatable bonds is 4. The Bertz CT molecular complexity index is 635. The van der Waals surface area contributed by atoms with Gasteiger partial charge in [0.05, 0.1) is 16.6 Å². The topological polar surface area (TPSA) is 54.5 Å². The second-order valence-electron chi connectivity index (χ2n) is 6.19. The molecule has 0 unspecified atom stereocenters. The number of amides is 1. The van der Waals surface area contributed by atoms with Gasteiger partial charge in [0, 0.05) is 13.1 Å². The predicted octanol–water partition coefficient (Wildman–Crippen LogP) is 2.50. The highest BCUT2D eigenvalue weighted by atomic mass is 32.2. The van der Waals surface area contributed by atoms with Crippen molar-refractivity contribution in [3.63, 3.8) is 0 Å². The lowest BCUT2D eigenvalue weighted by atomic mass is 10.1. The maximum Gasteiger partial charge on any atom is 0.256 e. The maximum absolute atomic E-state index is 13.7. The lowest BCUT2D eigenvalue weighted by Crippen LogP contribution is -2.43. The predicted molar refractivity (Wildman–Crippen MR) is 84.0 cm³/mol. The minimum atomic E-state index is -3.12. The fourth-order valence-corrected chi connectivity index (χ4v) is 4.95. The highest BCUT2D eigenvalue weighted by Gasteiger charge is 2.32. The number of carbonyl (C=O) groups excluding carboxylic acids is 1. The standard InChI is InChI=1S/C16H22FNO3S/c1-12(2)11-22(20,21)13-7-9-18(10-8-13)16(19)14-5-3-4-6-15(14)17/h3-6,12-13H,7-11H2,1-2H3. The van der Waals surface area contributed by atoms with Gasteiger partial charge in [0.15, 0.2) is 9.84 Å². The van der Waals surface area contributed by atoms with Crippen molar-refractivity contribution in [3.8, 4) is 0 Å². The minimum absolute atomic E-state index is 0.0472. The van der Waals surface area contributed by atoms with E-state index in [1.165, 1.54) is 18.2 Å². The summed E-state index contributed by atoms with van der Waals surface area (Å²) in [5.41, 5.74) is 0.0472. The van der Waals surface area contributed by atoms with Crippen LogP contribution >= 0.6 is 0 Å². The molecule has 1 aromatic rings. The Kier molecular flexibility index (Phi) is 5.21. The molecule has 0 spiro atoms. The summed E-state index contributed by atoms with van der Waals surface area (Å²) in [6.45, 7) is 4.48. The van der Waals surface area contributed by atoms with Gasteiger partial charge in [-0.15, -0.1) is 0 Å². The van der Waals surface area contributed by atoms with E-state index in [0.29, 0.717) is 25.9 Å². The van der Waals surface area contributed by atoms with Crippen molar-refractivity contribution in [1.29, 1.82) is 0 Å². The lowest BCUT2D eigenvalue weighted by molar-refractivity contribution is 0.0721. The Balaban J connectivity index is 2.01. The van der Waals surface area contributed by atoms with Crippen LogP contribution in [0.15, 0.2) is 24.3 Å². The van der Waals surface area contributed by atoms with Gasteiger partial charge in [-0.05, 0) is 30.9 Å². The first-order valence-electron chi connectivity index (χ1n) is 7.56. The number of benzene rings is 1. The Morgan fingerprint density at radius 2 is 1.86 bits per heavy atom. The van der Waals surface area contributed by atoms with Crippen molar-refractivity contribution in [3.05, 3.63) is 35.6 Å². The number of carbonyl (C=O) groups is 1. The molecule has 0 bridgehead atoms. The first-order valence-corrected chi connectivity index (χ1v) is 9.28. The van der Waals surface area contributed by atoms with Gasteiger partial charge in [0.1, 0.15) is 5.82 Å². The summed E-state index contributed by atoms with van der Waals surface area (Å²) in [6.07, 6.45) is 0.852. The molecular formula is C16H22FNO3S. The van der Waals surface area contributed by atoms with E-state index in [2.05, 4.69) is 0 Å². The summed E-state index contributed by atoms with van der Waals surface area (Å²) < 4.78 is 38.1. The van der Waals surface area contributed by atoms with Gasteiger partial charge in [-0.2, -0.15) is 0 Å². The molecule has 122 valence electrons. The van der Waals surface area contributed by atoms with Crippen molar-refractivity contribution in [1.82, 2.24) is 4.90 Å². The van der Waals surface area contributed by atoms with Crippen LogP contribution in [-0.2, 0) is 9.84 Å². The molecule has 0 aliphatic carbocycles. The zero-order valence-corrected chi connectivity index (χ0v) is 13.8. The van der Waals surface area contributed by atoms with E-state index >= 15 is 0 Å². The third-order valence-corrected chi connectivity index (χ3v) is 6.53. The molecule has 1 aliphatic rings. The first-order chi connectivity index (χ1) is 10.3. The molecular weight excluding hydrogens is 305 g/mol. The number of nitrogens with zero attached hydrogens (tertiary/aromatic N) is 1. The Morgan fingerprint density at radius 3 is 2.41 bits per heavy atom. The van der Waals surface area contributed by atoms with Gasteiger partial charge >= 0.3 is 0 Å². The Morgan fingerprint density at radius 1 is 1.27 bits per heavy atom. The van der Waals surface area contributed by atoms with E-state index in [1.54, 1.807) is 11.0 Å². The van der Waals surface area contributed by atoms with Gasteiger partial charge in [0.2, 0.25) is 0 Å². The number of halogens is 1. The molecule has 1 aliphatic heterocycles. The monoisotopic (exact) mass is 327 g/mol. The van der Waals surface area contributed by atoms with Gasteiger partial charge < -0.3 is 4.90 Å². The van der Waals surface area contributed by atoms with Crippen LogP contribution in [0, 0.1) is 11.7 Å². The van der Waals surface area contributed by atoms with E-state index < -0.39 is 15.7 Å². The van der Waals surface area contributed by atoms with Gasteiger partial charge in [-0.25, -0.2) is 12.8 Å². The molecule has 1 saturated heterocycles. The molecule has 0 N–H and O–H groups in total. The third-order valence-electron chi connectivity index (χ3n) is 3.91. The van der Waals surface area contributed by atoms with Crippen LogP contribution in [0.1, 0.15) is 37.0 Å². The van der Waals surface area contributed by atoms with E-state index in [4.69, 9.17) is 0 Å². The SMILES string of the molecule is CC(C)CS(=O)(=O)C1CCN(C(=O)c2ccccc2F)CC1. The Labute approximate surface area is 131 Å².